The van der Waals surface area contributed by atoms with Crippen molar-refractivity contribution in [3.63, 3.8) is 0 Å². The summed E-state index contributed by atoms with van der Waals surface area (Å²) in [6, 6.07) is 0. The lowest BCUT2D eigenvalue weighted by molar-refractivity contribution is -0.191. The highest BCUT2D eigenvalue weighted by Crippen LogP contribution is 2.39. The highest BCUT2D eigenvalue weighted by Gasteiger charge is 2.43. The van der Waals surface area contributed by atoms with Gasteiger partial charge in [-0.05, 0) is 25.7 Å². The average Bonchev–Trinajstić information content (AvgIpc) is 3.16. The predicted molar refractivity (Wildman–Crippen MR) is 81.4 cm³/mol. The van der Waals surface area contributed by atoms with Gasteiger partial charge in [0.05, 0.1) is 18.4 Å². The number of ether oxygens (including phenoxy) is 2. The molecule has 1 aromatic heterocycles. The number of nitrogens with zero attached hydrogens (tertiary/aromatic N) is 2. The number of hydrogen-bond acceptors (Lipinski definition) is 4. The molecule has 3 rings (SSSR count). The first-order chi connectivity index (χ1) is 10.6. The van der Waals surface area contributed by atoms with Gasteiger partial charge in [0, 0.05) is 32.1 Å². The van der Waals surface area contributed by atoms with Crippen LogP contribution >= 0.6 is 0 Å². The van der Waals surface area contributed by atoms with Gasteiger partial charge in [-0.2, -0.15) is 5.10 Å². The first-order valence-corrected chi connectivity index (χ1v) is 8.22. The van der Waals surface area contributed by atoms with Crippen molar-refractivity contribution in [2.45, 2.75) is 58.0 Å². The molecule has 0 aromatic carbocycles. The highest BCUT2D eigenvalue weighted by atomic mass is 16.7. The zero-order valence-electron chi connectivity index (χ0n) is 13.4. The highest BCUT2D eigenvalue weighted by molar-refractivity contribution is 5.93. The van der Waals surface area contributed by atoms with Crippen LogP contribution in [0, 0.1) is 5.92 Å². The number of rotatable bonds is 4. The monoisotopic (exact) mass is 307 g/mol. The summed E-state index contributed by atoms with van der Waals surface area (Å²) >= 11 is 0. The van der Waals surface area contributed by atoms with Gasteiger partial charge in [-0.1, -0.05) is 6.92 Å². The summed E-state index contributed by atoms with van der Waals surface area (Å²) in [4.78, 5) is 12.1. The number of carbonyl (C=O) groups is 1. The van der Waals surface area contributed by atoms with Crippen molar-refractivity contribution in [3.05, 3.63) is 18.0 Å². The van der Waals surface area contributed by atoms with Gasteiger partial charge in [0.25, 0.3) is 5.91 Å². The van der Waals surface area contributed by atoms with Crippen molar-refractivity contribution in [2.24, 2.45) is 5.92 Å². The summed E-state index contributed by atoms with van der Waals surface area (Å²) in [5.41, 5.74) is 0.585. The normalized spacial score (nSPS) is 31.5. The molecular formula is C16H25N3O3. The first-order valence-electron chi connectivity index (χ1n) is 8.22. The Morgan fingerprint density at radius 1 is 1.50 bits per heavy atom. The van der Waals surface area contributed by atoms with E-state index < -0.39 is 5.79 Å². The zero-order chi connectivity index (χ0) is 15.6. The fraction of sp³-hybridized carbons (Fsp3) is 0.750. The maximum atomic E-state index is 12.1. The molecule has 1 atom stereocenters. The number of aryl methyl sites for hydroxylation is 1. The topological polar surface area (TPSA) is 65.4 Å². The largest absolute Gasteiger partial charge is 0.349 e. The van der Waals surface area contributed by atoms with Crippen molar-refractivity contribution < 1.29 is 14.3 Å². The minimum atomic E-state index is -0.394. The second-order valence-corrected chi connectivity index (χ2v) is 6.44. The van der Waals surface area contributed by atoms with Gasteiger partial charge in [0.15, 0.2) is 5.79 Å². The van der Waals surface area contributed by atoms with Gasteiger partial charge in [-0.15, -0.1) is 0 Å². The maximum absolute atomic E-state index is 12.1. The van der Waals surface area contributed by atoms with Gasteiger partial charge >= 0.3 is 0 Å². The van der Waals surface area contributed by atoms with Crippen molar-refractivity contribution >= 4 is 5.91 Å². The minimum absolute atomic E-state index is 0.0569. The van der Waals surface area contributed by atoms with Gasteiger partial charge in [-0.3, -0.25) is 9.48 Å². The van der Waals surface area contributed by atoms with E-state index in [9.17, 15) is 4.79 Å². The summed E-state index contributed by atoms with van der Waals surface area (Å²) in [6.07, 6.45) is 7.51. The lowest BCUT2D eigenvalue weighted by Gasteiger charge is -2.34. The third-order valence-corrected chi connectivity index (χ3v) is 4.66. The van der Waals surface area contributed by atoms with Gasteiger partial charge < -0.3 is 14.8 Å². The Bertz CT molecular complexity index is 520. The van der Waals surface area contributed by atoms with Crippen LogP contribution in [0.1, 0.15) is 49.9 Å². The Kier molecular flexibility index (Phi) is 4.49. The summed E-state index contributed by atoms with van der Waals surface area (Å²) < 4.78 is 13.7. The number of hydrogen-bond donors (Lipinski definition) is 1. The van der Waals surface area contributed by atoms with Crippen LogP contribution in [-0.4, -0.2) is 40.7 Å². The van der Waals surface area contributed by atoms with Crippen molar-refractivity contribution in [2.75, 3.05) is 13.2 Å². The molecule has 6 nitrogen and oxygen atoms in total. The first kappa shape index (κ1) is 15.5. The molecule has 2 heterocycles. The predicted octanol–water partition coefficient (Wildman–Crippen LogP) is 1.95. The lowest BCUT2D eigenvalue weighted by atomic mass is 9.86. The summed E-state index contributed by atoms with van der Waals surface area (Å²) in [5, 5.41) is 7.02. The maximum Gasteiger partial charge on any atom is 0.254 e. The zero-order valence-corrected chi connectivity index (χ0v) is 13.4. The van der Waals surface area contributed by atoms with E-state index in [-0.39, 0.29) is 12.0 Å². The van der Waals surface area contributed by atoms with Crippen LogP contribution in [0.15, 0.2) is 12.4 Å². The summed E-state index contributed by atoms with van der Waals surface area (Å²) in [5.74, 6) is 0.253. The van der Waals surface area contributed by atoms with E-state index in [2.05, 4.69) is 17.3 Å². The van der Waals surface area contributed by atoms with E-state index in [1.807, 2.05) is 6.92 Å². The standard InChI is InChI=1S/C16H25N3O3/c1-3-19-10-13(8-18-19)15(20)17-9-14-11-21-16(22-14)6-4-12(2)5-7-16/h8,10,12,14H,3-7,9,11H2,1-2H3,(H,17,20). The third-order valence-electron chi connectivity index (χ3n) is 4.66. The molecule has 0 radical (unpaired) electrons. The second-order valence-electron chi connectivity index (χ2n) is 6.44. The van der Waals surface area contributed by atoms with Crippen LogP contribution < -0.4 is 5.32 Å². The molecule has 1 spiro atoms. The molecule has 0 bridgehead atoms. The fourth-order valence-corrected chi connectivity index (χ4v) is 3.14. The molecule has 1 aliphatic heterocycles. The van der Waals surface area contributed by atoms with Gasteiger partial charge in [0.2, 0.25) is 0 Å². The molecule has 2 aliphatic rings. The van der Waals surface area contributed by atoms with Crippen LogP contribution in [0.4, 0.5) is 0 Å². The molecule has 2 fully saturated rings. The molecule has 1 unspecified atom stereocenters. The fourth-order valence-electron chi connectivity index (χ4n) is 3.14. The van der Waals surface area contributed by atoms with E-state index in [0.717, 1.165) is 38.1 Å². The molecule has 1 aliphatic carbocycles. The van der Waals surface area contributed by atoms with E-state index >= 15 is 0 Å². The Morgan fingerprint density at radius 2 is 2.27 bits per heavy atom. The minimum Gasteiger partial charge on any atom is -0.349 e. The van der Waals surface area contributed by atoms with E-state index in [1.165, 1.54) is 0 Å². The van der Waals surface area contributed by atoms with Crippen molar-refractivity contribution in [1.29, 1.82) is 0 Å². The molecule has 1 saturated heterocycles. The molecule has 6 heteroatoms. The SMILES string of the molecule is CCn1cc(C(=O)NCC2COC3(CCC(C)CC3)O2)cn1. The quantitative estimate of drug-likeness (QED) is 0.923. The molecule has 22 heavy (non-hydrogen) atoms. The Hall–Kier alpha value is -1.40. The molecule has 1 amide bonds. The third kappa shape index (κ3) is 3.33. The van der Waals surface area contributed by atoms with Gasteiger partial charge in [-0.25, -0.2) is 0 Å². The Balaban J connectivity index is 1.47. The van der Waals surface area contributed by atoms with E-state index in [0.29, 0.717) is 18.7 Å². The van der Waals surface area contributed by atoms with Crippen LogP contribution in [0.5, 0.6) is 0 Å². The average molecular weight is 307 g/mol. The van der Waals surface area contributed by atoms with E-state index in [4.69, 9.17) is 9.47 Å². The van der Waals surface area contributed by atoms with Crippen LogP contribution in [0.3, 0.4) is 0 Å². The molecule has 1 saturated carbocycles. The molecule has 1 aromatic rings. The molecular weight excluding hydrogens is 282 g/mol. The van der Waals surface area contributed by atoms with Crippen molar-refractivity contribution in [3.8, 4) is 0 Å². The van der Waals surface area contributed by atoms with E-state index in [1.54, 1.807) is 17.1 Å². The molecule has 122 valence electrons. The number of carbonyl (C=O) groups excluding carboxylic acids is 1. The van der Waals surface area contributed by atoms with Crippen molar-refractivity contribution in [1.82, 2.24) is 15.1 Å². The summed E-state index contributed by atoms with van der Waals surface area (Å²) in [6.45, 7) is 6.06. The van der Waals surface area contributed by atoms with Gasteiger partial charge in [0.1, 0.15) is 6.10 Å². The number of amides is 1. The van der Waals surface area contributed by atoms with Crippen LogP contribution in [-0.2, 0) is 16.0 Å². The van der Waals surface area contributed by atoms with Crippen LogP contribution in [0.25, 0.3) is 0 Å². The Labute approximate surface area is 131 Å². The second kappa shape index (κ2) is 6.38. The van der Waals surface area contributed by atoms with Crippen LogP contribution in [0.2, 0.25) is 0 Å². The lowest BCUT2D eigenvalue weighted by Crippen LogP contribution is -2.38. The number of nitrogens with one attached hydrogen (secondary N) is 1. The number of aromatic nitrogens is 2. The Morgan fingerprint density at radius 3 is 2.95 bits per heavy atom. The smallest absolute Gasteiger partial charge is 0.254 e. The summed E-state index contributed by atoms with van der Waals surface area (Å²) in [7, 11) is 0. The molecule has 1 N–H and O–H groups in total.